The Morgan fingerprint density at radius 1 is 1.23 bits per heavy atom. The molecule has 1 heterocycles. The van der Waals surface area contributed by atoms with E-state index in [0.717, 1.165) is 5.56 Å². The van der Waals surface area contributed by atoms with Gasteiger partial charge in [0.05, 0.1) is 19.4 Å². The zero-order valence-corrected chi connectivity index (χ0v) is 14.6. The summed E-state index contributed by atoms with van der Waals surface area (Å²) in [6.07, 6.45) is 0. The molecule has 1 aliphatic heterocycles. The number of anilines is 1. The second-order valence-electron chi connectivity index (χ2n) is 5.65. The Bertz CT molecular complexity index is 835. The van der Waals surface area contributed by atoms with Gasteiger partial charge in [0, 0.05) is 12.1 Å². The number of carbonyl (C=O) groups is 2. The number of methoxy groups -OCH3 is 1. The van der Waals surface area contributed by atoms with Gasteiger partial charge < -0.3 is 24.8 Å². The molecule has 0 bridgehead atoms. The summed E-state index contributed by atoms with van der Waals surface area (Å²) >= 11 is 0. The number of ether oxygens (including phenoxy) is 3. The molecule has 3 rings (SSSR count). The molecule has 1 aliphatic rings. The number of nitrogens with one attached hydrogen (secondary N) is 2. The minimum atomic E-state index is -0.235. The fraction of sp³-hybridized carbons (Fsp3) is 0.263. The van der Waals surface area contributed by atoms with Gasteiger partial charge in [0.1, 0.15) is 5.75 Å². The van der Waals surface area contributed by atoms with E-state index in [1.807, 2.05) is 25.1 Å². The Morgan fingerprint density at radius 3 is 2.85 bits per heavy atom. The van der Waals surface area contributed by atoms with E-state index in [1.165, 1.54) is 0 Å². The molecule has 0 spiro atoms. The number of hydrogen-bond acceptors (Lipinski definition) is 5. The van der Waals surface area contributed by atoms with Crippen LogP contribution in [-0.4, -0.2) is 32.1 Å². The predicted octanol–water partition coefficient (Wildman–Crippen LogP) is 2.35. The zero-order chi connectivity index (χ0) is 18.5. The summed E-state index contributed by atoms with van der Waals surface area (Å²) in [5.41, 5.74) is 1.91. The van der Waals surface area contributed by atoms with E-state index in [9.17, 15) is 9.59 Å². The Hall–Kier alpha value is -3.22. The summed E-state index contributed by atoms with van der Waals surface area (Å²) in [4.78, 5) is 23.7. The standard InChI is InChI=1S/C19H20N2O5/c1-3-25-15-7-4-12(8-17(15)24-2)10-20-19(23)13-5-6-14-16(9-13)26-11-18(22)21-14/h4-9H,3,10-11H2,1-2H3,(H,20,23)(H,21,22). The number of amides is 2. The van der Waals surface area contributed by atoms with Crippen LogP contribution in [0, 0.1) is 0 Å². The molecule has 7 nitrogen and oxygen atoms in total. The first-order chi connectivity index (χ1) is 12.6. The average molecular weight is 356 g/mol. The van der Waals surface area contributed by atoms with E-state index < -0.39 is 0 Å². The molecule has 2 aromatic rings. The fourth-order valence-corrected chi connectivity index (χ4v) is 2.60. The number of fused-ring (bicyclic) bond motifs is 1. The molecular weight excluding hydrogens is 336 g/mol. The molecule has 2 aromatic carbocycles. The second-order valence-corrected chi connectivity index (χ2v) is 5.65. The number of rotatable bonds is 6. The van der Waals surface area contributed by atoms with Crippen LogP contribution < -0.4 is 24.8 Å². The number of carbonyl (C=O) groups excluding carboxylic acids is 2. The smallest absolute Gasteiger partial charge is 0.262 e. The molecule has 2 amide bonds. The maximum Gasteiger partial charge on any atom is 0.262 e. The minimum absolute atomic E-state index is 0.0515. The first-order valence-electron chi connectivity index (χ1n) is 8.25. The minimum Gasteiger partial charge on any atom is -0.493 e. The molecule has 0 saturated heterocycles. The van der Waals surface area contributed by atoms with Crippen LogP contribution in [0.4, 0.5) is 5.69 Å². The van der Waals surface area contributed by atoms with E-state index in [2.05, 4.69) is 10.6 Å². The molecule has 26 heavy (non-hydrogen) atoms. The summed E-state index contributed by atoms with van der Waals surface area (Å²) in [7, 11) is 1.58. The van der Waals surface area contributed by atoms with Gasteiger partial charge in [-0.3, -0.25) is 9.59 Å². The van der Waals surface area contributed by atoms with Gasteiger partial charge in [-0.25, -0.2) is 0 Å². The van der Waals surface area contributed by atoms with E-state index in [4.69, 9.17) is 14.2 Å². The van der Waals surface area contributed by atoms with Gasteiger partial charge in [0.25, 0.3) is 11.8 Å². The van der Waals surface area contributed by atoms with Crippen molar-refractivity contribution >= 4 is 17.5 Å². The third-order valence-corrected chi connectivity index (χ3v) is 3.86. The van der Waals surface area contributed by atoms with E-state index in [1.54, 1.807) is 25.3 Å². The lowest BCUT2D eigenvalue weighted by Gasteiger charge is -2.18. The molecule has 0 aliphatic carbocycles. The lowest BCUT2D eigenvalue weighted by atomic mass is 10.1. The lowest BCUT2D eigenvalue weighted by Crippen LogP contribution is -2.26. The maximum absolute atomic E-state index is 12.4. The SMILES string of the molecule is CCOc1ccc(CNC(=O)c2ccc3c(c2)OCC(=O)N3)cc1OC. The van der Waals surface area contributed by atoms with Gasteiger partial charge in [-0.15, -0.1) is 0 Å². The van der Waals surface area contributed by atoms with Gasteiger partial charge in [-0.05, 0) is 42.8 Å². The molecule has 0 radical (unpaired) electrons. The van der Waals surface area contributed by atoms with Crippen molar-refractivity contribution in [3.63, 3.8) is 0 Å². The van der Waals surface area contributed by atoms with E-state index in [0.29, 0.717) is 41.7 Å². The van der Waals surface area contributed by atoms with Crippen molar-refractivity contribution in [2.24, 2.45) is 0 Å². The van der Waals surface area contributed by atoms with Crippen molar-refractivity contribution in [1.82, 2.24) is 5.32 Å². The molecule has 2 N–H and O–H groups in total. The third kappa shape index (κ3) is 3.88. The van der Waals surface area contributed by atoms with Gasteiger partial charge in [-0.2, -0.15) is 0 Å². The Labute approximate surface area is 151 Å². The molecule has 0 unspecified atom stereocenters. The quantitative estimate of drug-likeness (QED) is 0.830. The predicted molar refractivity (Wildman–Crippen MR) is 95.9 cm³/mol. The Balaban J connectivity index is 1.66. The van der Waals surface area contributed by atoms with Gasteiger partial charge >= 0.3 is 0 Å². The van der Waals surface area contributed by atoms with Crippen molar-refractivity contribution in [2.45, 2.75) is 13.5 Å². The number of benzene rings is 2. The maximum atomic E-state index is 12.4. The third-order valence-electron chi connectivity index (χ3n) is 3.86. The Kier molecular flexibility index (Phi) is 5.26. The van der Waals surface area contributed by atoms with Gasteiger partial charge in [0.2, 0.25) is 0 Å². The zero-order valence-electron chi connectivity index (χ0n) is 14.6. The van der Waals surface area contributed by atoms with E-state index in [-0.39, 0.29) is 18.4 Å². The Morgan fingerprint density at radius 2 is 2.08 bits per heavy atom. The van der Waals surface area contributed by atoms with Crippen LogP contribution in [0.25, 0.3) is 0 Å². The molecule has 136 valence electrons. The van der Waals surface area contributed by atoms with Crippen molar-refractivity contribution in [1.29, 1.82) is 0 Å². The highest BCUT2D eigenvalue weighted by Gasteiger charge is 2.17. The van der Waals surface area contributed by atoms with Crippen LogP contribution in [0.1, 0.15) is 22.8 Å². The lowest BCUT2D eigenvalue weighted by molar-refractivity contribution is -0.118. The van der Waals surface area contributed by atoms with Gasteiger partial charge in [0.15, 0.2) is 18.1 Å². The highest BCUT2D eigenvalue weighted by atomic mass is 16.5. The highest BCUT2D eigenvalue weighted by Crippen LogP contribution is 2.29. The molecule has 0 aromatic heterocycles. The van der Waals surface area contributed by atoms with Crippen LogP contribution in [0.2, 0.25) is 0 Å². The van der Waals surface area contributed by atoms with Crippen LogP contribution in [-0.2, 0) is 11.3 Å². The van der Waals surface area contributed by atoms with Crippen LogP contribution in [0.3, 0.4) is 0 Å². The van der Waals surface area contributed by atoms with Crippen LogP contribution in [0.5, 0.6) is 17.2 Å². The molecule has 7 heteroatoms. The summed E-state index contributed by atoms with van der Waals surface area (Å²) in [6, 6.07) is 10.4. The van der Waals surface area contributed by atoms with Crippen molar-refractivity contribution < 1.29 is 23.8 Å². The average Bonchev–Trinajstić information content (AvgIpc) is 2.66. The second kappa shape index (κ2) is 7.77. The fourth-order valence-electron chi connectivity index (χ4n) is 2.60. The topological polar surface area (TPSA) is 85.9 Å². The molecule has 0 atom stereocenters. The first-order valence-corrected chi connectivity index (χ1v) is 8.25. The summed E-state index contributed by atoms with van der Waals surface area (Å²) in [6.45, 7) is 2.74. The van der Waals surface area contributed by atoms with E-state index >= 15 is 0 Å². The molecule has 0 saturated carbocycles. The summed E-state index contributed by atoms with van der Waals surface area (Å²) in [5.74, 6) is 1.33. The summed E-state index contributed by atoms with van der Waals surface area (Å²) in [5, 5.41) is 5.55. The van der Waals surface area contributed by atoms with Crippen molar-refractivity contribution in [2.75, 3.05) is 25.6 Å². The summed E-state index contributed by atoms with van der Waals surface area (Å²) < 4.78 is 16.1. The monoisotopic (exact) mass is 356 g/mol. The van der Waals surface area contributed by atoms with Crippen molar-refractivity contribution in [3.8, 4) is 17.2 Å². The van der Waals surface area contributed by atoms with Crippen LogP contribution in [0.15, 0.2) is 36.4 Å². The normalized spacial score (nSPS) is 12.5. The highest BCUT2D eigenvalue weighted by molar-refractivity contribution is 5.98. The molecule has 0 fully saturated rings. The largest absolute Gasteiger partial charge is 0.493 e. The number of hydrogen-bond donors (Lipinski definition) is 2. The van der Waals surface area contributed by atoms with Crippen molar-refractivity contribution in [3.05, 3.63) is 47.5 Å². The first kappa shape index (κ1) is 17.6. The van der Waals surface area contributed by atoms with Gasteiger partial charge in [-0.1, -0.05) is 6.07 Å². The molecular formula is C19H20N2O5. The van der Waals surface area contributed by atoms with Crippen LogP contribution >= 0.6 is 0 Å².